The summed E-state index contributed by atoms with van der Waals surface area (Å²) in [5, 5.41) is 0. The van der Waals surface area contributed by atoms with Crippen molar-refractivity contribution in [3.05, 3.63) is 27.8 Å². The third kappa shape index (κ3) is 2.69. The molecule has 2 radical (unpaired) electrons. The van der Waals surface area contributed by atoms with Gasteiger partial charge < -0.3 is 0 Å². The highest BCUT2D eigenvalue weighted by Gasteiger charge is 2.31. The summed E-state index contributed by atoms with van der Waals surface area (Å²) >= 11 is 0. The van der Waals surface area contributed by atoms with Gasteiger partial charge in [-0.1, -0.05) is 47.0 Å². The fourth-order valence-electron chi connectivity index (χ4n) is 3.53. The Morgan fingerprint density at radius 2 is 1.15 bits per heavy atom. The van der Waals surface area contributed by atoms with Crippen LogP contribution in [0.25, 0.3) is 0 Å². The normalized spacial score (nSPS) is 12.8. The van der Waals surface area contributed by atoms with Crippen LogP contribution in [0.1, 0.15) is 82.2 Å². The van der Waals surface area contributed by atoms with Crippen LogP contribution in [0.15, 0.2) is 0 Å². The zero-order valence-electron chi connectivity index (χ0n) is 15.0. The maximum atomic E-state index is 6.68. The molecule has 0 aliphatic carbocycles. The average Bonchev–Trinajstić information content (AvgIpc) is 2.34. The quantitative estimate of drug-likeness (QED) is 0.693. The van der Waals surface area contributed by atoms with Gasteiger partial charge in [0.25, 0.3) is 0 Å². The Morgan fingerprint density at radius 3 is 1.50 bits per heavy atom. The first-order valence-corrected chi connectivity index (χ1v) is 7.91. The maximum absolute atomic E-state index is 6.68. The van der Waals surface area contributed by atoms with Crippen LogP contribution in [-0.4, -0.2) is 7.85 Å². The maximum Gasteiger partial charge on any atom is 0.114 e. The molecule has 0 amide bonds. The molecule has 1 rings (SSSR count). The molecular formula is C19H31B. The van der Waals surface area contributed by atoms with Crippen molar-refractivity contribution in [2.75, 3.05) is 0 Å². The first kappa shape index (κ1) is 17.3. The lowest BCUT2D eigenvalue weighted by Crippen LogP contribution is -2.36. The molecule has 0 N–H and O–H groups in total. The van der Waals surface area contributed by atoms with Crippen LogP contribution < -0.4 is 5.46 Å². The number of hydrogen-bond acceptors (Lipinski definition) is 0. The van der Waals surface area contributed by atoms with Crippen molar-refractivity contribution in [1.29, 1.82) is 0 Å². The lowest BCUT2D eigenvalue weighted by atomic mass is 9.63. The van der Waals surface area contributed by atoms with Crippen LogP contribution in [0, 0.1) is 20.8 Å². The van der Waals surface area contributed by atoms with E-state index in [9.17, 15) is 0 Å². The van der Waals surface area contributed by atoms with E-state index in [0.717, 1.165) is 18.3 Å². The predicted octanol–water partition coefficient (Wildman–Crippen LogP) is 4.78. The molecule has 0 atom stereocenters. The minimum absolute atomic E-state index is 0.0871. The molecule has 1 heteroatoms. The molecule has 0 saturated heterocycles. The van der Waals surface area contributed by atoms with Crippen LogP contribution in [0.4, 0.5) is 0 Å². The third-order valence-corrected chi connectivity index (χ3v) is 5.33. The van der Waals surface area contributed by atoms with Gasteiger partial charge in [0.1, 0.15) is 7.85 Å². The first-order chi connectivity index (χ1) is 9.01. The SMILES string of the molecule is [B]c1c(C(C)(C)C)c(C)c(C)c(C)c1C(C)(CC)CC. The molecule has 1 aromatic carbocycles. The summed E-state index contributed by atoms with van der Waals surface area (Å²) in [5.41, 5.74) is 8.18. The first-order valence-electron chi connectivity index (χ1n) is 7.91. The van der Waals surface area contributed by atoms with Crippen LogP contribution in [-0.2, 0) is 10.8 Å². The zero-order valence-corrected chi connectivity index (χ0v) is 15.0. The van der Waals surface area contributed by atoms with Crippen molar-refractivity contribution < 1.29 is 0 Å². The summed E-state index contributed by atoms with van der Waals surface area (Å²) in [6.45, 7) is 20.4. The fourth-order valence-corrected chi connectivity index (χ4v) is 3.53. The molecular weight excluding hydrogens is 239 g/mol. The average molecular weight is 270 g/mol. The second-order valence-corrected chi connectivity index (χ2v) is 7.56. The Morgan fingerprint density at radius 1 is 0.750 bits per heavy atom. The van der Waals surface area contributed by atoms with Crippen molar-refractivity contribution in [3.63, 3.8) is 0 Å². The lowest BCUT2D eigenvalue weighted by Gasteiger charge is -2.37. The number of benzene rings is 1. The fraction of sp³-hybridized carbons (Fsp3) is 0.684. The summed E-state index contributed by atoms with van der Waals surface area (Å²) in [5.74, 6) is 0. The molecule has 0 heterocycles. The second-order valence-electron chi connectivity index (χ2n) is 7.56. The highest BCUT2D eigenvalue weighted by molar-refractivity contribution is 6.35. The van der Waals surface area contributed by atoms with Gasteiger partial charge in [-0.15, -0.1) is 0 Å². The molecule has 0 aromatic heterocycles. The summed E-state index contributed by atoms with van der Waals surface area (Å²) in [4.78, 5) is 0. The highest BCUT2D eigenvalue weighted by Crippen LogP contribution is 2.37. The Hall–Kier alpha value is -0.715. The lowest BCUT2D eigenvalue weighted by molar-refractivity contribution is 0.437. The summed E-state index contributed by atoms with van der Waals surface area (Å²) in [7, 11) is 6.68. The minimum atomic E-state index is 0.0871. The van der Waals surface area contributed by atoms with E-state index in [2.05, 4.69) is 62.3 Å². The van der Waals surface area contributed by atoms with Crippen molar-refractivity contribution in [2.45, 2.75) is 86.0 Å². The Kier molecular flexibility index (Phi) is 4.84. The van der Waals surface area contributed by atoms with Crippen molar-refractivity contribution in [2.24, 2.45) is 0 Å². The number of rotatable bonds is 3. The molecule has 0 bridgehead atoms. The molecule has 110 valence electrons. The van der Waals surface area contributed by atoms with E-state index < -0.39 is 0 Å². The van der Waals surface area contributed by atoms with Gasteiger partial charge in [-0.3, -0.25) is 0 Å². The van der Waals surface area contributed by atoms with Gasteiger partial charge in [0, 0.05) is 0 Å². The van der Waals surface area contributed by atoms with Crippen LogP contribution in [0.5, 0.6) is 0 Å². The Bertz CT molecular complexity index is 500. The molecule has 0 nitrogen and oxygen atoms in total. The Balaban J connectivity index is 3.84. The molecule has 0 unspecified atom stereocenters. The third-order valence-electron chi connectivity index (χ3n) is 5.33. The summed E-state index contributed by atoms with van der Waals surface area (Å²) in [6.07, 6.45) is 2.25. The Labute approximate surface area is 127 Å². The van der Waals surface area contributed by atoms with E-state index in [-0.39, 0.29) is 10.8 Å². The molecule has 0 fully saturated rings. The monoisotopic (exact) mass is 270 g/mol. The van der Waals surface area contributed by atoms with E-state index in [0.29, 0.717) is 0 Å². The zero-order chi connectivity index (χ0) is 15.9. The van der Waals surface area contributed by atoms with E-state index >= 15 is 0 Å². The smallest absolute Gasteiger partial charge is 0.0888 e. The molecule has 20 heavy (non-hydrogen) atoms. The van der Waals surface area contributed by atoms with Gasteiger partial charge in [-0.05, 0) is 72.3 Å². The molecule has 0 saturated carbocycles. The second kappa shape index (κ2) is 5.58. The van der Waals surface area contributed by atoms with Crippen LogP contribution in [0.2, 0.25) is 0 Å². The van der Waals surface area contributed by atoms with Crippen molar-refractivity contribution >= 4 is 13.3 Å². The highest BCUT2D eigenvalue weighted by atomic mass is 14.3. The largest absolute Gasteiger partial charge is 0.114 e. The van der Waals surface area contributed by atoms with E-state index in [1.807, 2.05) is 0 Å². The van der Waals surface area contributed by atoms with Gasteiger partial charge >= 0.3 is 0 Å². The van der Waals surface area contributed by atoms with Gasteiger partial charge in [-0.2, -0.15) is 0 Å². The van der Waals surface area contributed by atoms with Gasteiger partial charge in [0.05, 0.1) is 0 Å². The van der Waals surface area contributed by atoms with Crippen molar-refractivity contribution in [1.82, 2.24) is 0 Å². The van der Waals surface area contributed by atoms with E-state index in [1.54, 1.807) is 0 Å². The summed E-state index contributed by atoms with van der Waals surface area (Å²) in [6, 6.07) is 0. The number of hydrogen-bond donors (Lipinski definition) is 0. The van der Waals surface area contributed by atoms with E-state index in [4.69, 9.17) is 7.85 Å². The topological polar surface area (TPSA) is 0 Å². The predicted molar refractivity (Wildman–Crippen MR) is 92.7 cm³/mol. The molecule has 0 aliphatic heterocycles. The summed E-state index contributed by atoms with van der Waals surface area (Å²) < 4.78 is 0. The van der Waals surface area contributed by atoms with Crippen LogP contribution in [0.3, 0.4) is 0 Å². The molecule has 0 spiro atoms. The molecule has 1 aromatic rings. The van der Waals surface area contributed by atoms with Gasteiger partial charge in [0.2, 0.25) is 0 Å². The van der Waals surface area contributed by atoms with Crippen molar-refractivity contribution in [3.8, 4) is 0 Å². The van der Waals surface area contributed by atoms with E-state index in [1.165, 1.54) is 27.8 Å². The standard InChI is InChI=1S/C19H31B/c1-10-19(9,11-2)16-14(5)12(3)13(4)15(17(16)20)18(6,7)8/h10-11H2,1-9H3. The van der Waals surface area contributed by atoms with Crippen LogP contribution >= 0.6 is 0 Å². The van der Waals surface area contributed by atoms with Gasteiger partial charge in [-0.25, -0.2) is 0 Å². The minimum Gasteiger partial charge on any atom is -0.0888 e. The molecule has 0 aliphatic rings. The van der Waals surface area contributed by atoms with Gasteiger partial charge in [0.15, 0.2) is 0 Å².